The van der Waals surface area contributed by atoms with E-state index in [1.165, 1.54) is 49.9 Å². The highest BCUT2D eigenvalue weighted by atomic mass is 28.5. The molecule has 2 amide bonds. The Bertz CT molecular complexity index is 1910. The molecule has 4 rings (SSSR count). The van der Waals surface area contributed by atoms with Crippen molar-refractivity contribution in [3.63, 3.8) is 0 Å². The molecule has 1 saturated carbocycles. The van der Waals surface area contributed by atoms with Crippen molar-refractivity contribution in [3.8, 4) is 0 Å². The Hall–Kier alpha value is -3.44. The molecule has 2 fully saturated rings. The van der Waals surface area contributed by atoms with Crippen LogP contribution in [0.3, 0.4) is 0 Å². The summed E-state index contributed by atoms with van der Waals surface area (Å²) in [7, 11) is -8.84. The number of alkyl carbamates (subject to hydrolysis) is 1. The van der Waals surface area contributed by atoms with Crippen LogP contribution in [0.2, 0.25) is 39.3 Å². The number of H-pyrrole nitrogens is 1. The van der Waals surface area contributed by atoms with Gasteiger partial charge in [-0.25, -0.2) is 14.6 Å². The second-order valence-electron chi connectivity index (χ2n) is 19.2. The topological polar surface area (TPSA) is 270 Å². The Kier molecular flexibility index (Phi) is 21.6. The van der Waals surface area contributed by atoms with E-state index >= 15 is 0 Å². The number of hydrogen-bond acceptors (Lipinski definition) is 16. The van der Waals surface area contributed by atoms with Crippen molar-refractivity contribution in [3.05, 3.63) is 16.7 Å². The Balaban J connectivity index is 1.59. The number of carbonyl (C=O) groups excluding carboxylic acids is 3. The van der Waals surface area contributed by atoms with Gasteiger partial charge in [-0.05, 0) is 59.0 Å². The molecule has 1 saturated heterocycles. The summed E-state index contributed by atoms with van der Waals surface area (Å²) in [5, 5.41) is 26.4. The molecule has 1 aliphatic carbocycles. The van der Waals surface area contributed by atoms with E-state index in [4.69, 9.17) is 36.0 Å². The molecule has 0 radical (unpaired) electrons. The molecule has 0 aromatic carbocycles. The van der Waals surface area contributed by atoms with Crippen molar-refractivity contribution in [2.24, 2.45) is 5.92 Å². The van der Waals surface area contributed by atoms with Gasteiger partial charge in [0.25, 0.3) is 5.56 Å². The van der Waals surface area contributed by atoms with E-state index in [1.54, 1.807) is 13.8 Å². The van der Waals surface area contributed by atoms with E-state index in [1.807, 2.05) is 39.3 Å². The summed E-state index contributed by atoms with van der Waals surface area (Å²) in [4.78, 5) is 73.1. The lowest BCUT2D eigenvalue weighted by Crippen LogP contribution is -2.61. The van der Waals surface area contributed by atoms with Gasteiger partial charge in [0.2, 0.25) is 11.9 Å². The number of aliphatic carboxylic acids is 1. The zero-order valence-electron chi connectivity index (χ0n) is 40.2. The highest BCUT2D eigenvalue weighted by molar-refractivity contribution is 6.83. The first kappa shape index (κ1) is 55.2. The number of aromatic nitrogens is 4. The van der Waals surface area contributed by atoms with E-state index in [0.717, 1.165) is 38.5 Å². The molecule has 2 aromatic heterocycles. The van der Waals surface area contributed by atoms with Crippen LogP contribution >= 0.6 is 0 Å². The van der Waals surface area contributed by atoms with E-state index in [2.05, 4.69) is 25.6 Å². The Morgan fingerprint density at radius 1 is 0.924 bits per heavy atom. The van der Waals surface area contributed by atoms with Crippen LogP contribution in [0.25, 0.3) is 11.2 Å². The third-order valence-electron chi connectivity index (χ3n) is 10.5. The number of anilines is 1. The Labute approximate surface area is 390 Å². The lowest BCUT2D eigenvalue weighted by Gasteiger charge is -2.40. The van der Waals surface area contributed by atoms with Gasteiger partial charge >= 0.3 is 21.1 Å². The number of Topliss-reactive ketones (excluding diaryl/α,β-unsaturated/α-hetero) is 1. The quantitative estimate of drug-likeness (QED) is 0.0691. The minimum Gasteiger partial charge on any atom is -0.479 e. The van der Waals surface area contributed by atoms with Crippen LogP contribution in [-0.2, 0) is 50.4 Å². The normalized spacial score (nSPS) is 21.3. The molecule has 1 aliphatic heterocycles. The first-order valence-corrected chi connectivity index (χ1v) is 31.7. The summed E-state index contributed by atoms with van der Waals surface area (Å²) >= 11 is 0. The lowest BCUT2D eigenvalue weighted by molar-refractivity contribution is -0.153. The third kappa shape index (κ3) is 18.2. The number of hydrogen-bond donors (Lipinski definition) is 5. The second kappa shape index (κ2) is 25.8. The second-order valence-corrected chi connectivity index (χ2v) is 30.8. The summed E-state index contributed by atoms with van der Waals surface area (Å²) in [5.74, 6) is -2.56. The molecule has 21 nitrogen and oxygen atoms in total. The number of rotatable bonds is 23. The predicted molar refractivity (Wildman–Crippen MR) is 250 cm³/mol. The van der Waals surface area contributed by atoms with Gasteiger partial charge in [0.05, 0.1) is 38.9 Å². The standard InChI is InChI=1S/C42H74N6O15Si3/c1-28(2)37(51)46-41-45-36-33(38(52)47-41)44-27-48(36)39-35(60-42(55)43-21-22-56-23-24-57-31(40(53)54)25-29(3)49)34(50)32(59-39)26-58-66(62-64(4,5)6,63-65(7,8)9)61-30-19-17-15-13-11-10-12-14-16-18-20-30/h27-28,30-32,34-35,39,50H,10-26H2,1-9H3,(H,43,55)(H,53,54)(H2,45,46,47,51,52)/t31?,32-,34-,35-,39-/m1/s1. The number of ether oxygens (including phenoxy) is 4. The summed E-state index contributed by atoms with van der Waals surface area (Å²) in [5.41, 5.74) is -0.770. The van der Waals surface area contributed by atoms with Crippen LogP contribution in [0, 0.1) is 5.92 Å². The largest absolute Gasteiger partial charge is 0.658 e. The van der Waals surface area contributed by atoms with Crippen molar-refractivity contribution in [1.82, 2.24) is 24.8 Å². The van der Waals surface area contributed by atoms with E-state index in [-0.39, 0.29) is 68.4 Å². The maximum Gasteiger partial charge on any atom is 0.658 e. The van der Waals surface area contributed by atoms with Crippen LogP contribution in [0.5, 0.6) is 0 Å². The number of carbonyl (C=O) groups is 4. The predicted octanol–water partition coefficient (Wildman–Crippen LogP) is 5.38. The monoisotopic (exact) mass is 986 g/mol. The lowest BCUT2D eigenvalue weighted by atomic mass is 10.00. The summed E-state index contributed by atoms with van der Waals surface area (Å²) in [6.07, 6.45) is 5.09. The van der Waals surface area contributed by atoms with Crippen LogP contribution in [0.1, 0.15) is 104 Å². The molecular formula is C42H74N6O15Si3. The van der Waals surface area contributed by atoms with Gasteiger partial charge in [-0.3, -0.25) is 29.3 Å². The third-order valence-corrected chi connectivity index (χ3v) is 18.5. The number of amides is 2. The SMILES string of the molecule is CC(=O)CC(OCCOCCNC(=O)O[C@@H]1[C@H](O)[C@@H](CO[Si](OC2CCCCCCCCCCC2)(O[Si](C)(C)C)O[Si](C)(C)C)O[C@H]1n1cnc2c(=O)[nH]c(NC(=O)C(C)C)nc21)C(=O)O. The average Bonchev–Trinajstić information content (AvgIpc) is 3.75. The average molecular weight is 987 g/mol. The Morgan fingerprint density at radius 2 is 1.53 bits per heavy atom. The van der Waals surface area contributed by atoms with E-state index < -0.39 is 85.8 Å². The van der Waals surface area contributed by atoms with Gasteiger partial charge in [0.15, 0.2) is 46.2 Å². The molecule has 1 unspecified atom stereocenters. The fraction of sp³-hybridized carbons (Fsp3) is 0.786. The summed E-state index contributed by atoms with van der Waals surface area (Å²) in [6, 6.07) is 0. The van der Waals surface area contributed by atoms with Gasteiger partial charge in [0.1, 0.15) is 18.0 Å². The number of fused-ring (bicyclic) bond motifs is 1. The number of nitrogens with zero attached hydrogens (tertiary/aromatic N) is 3. The van der Waals surface area contributed by atoms with Gasteiger partial charge in [-0.1, -0.05) is 71.6 Å². The van der Waals surface area contributed by atoms with Crippen molar-refractivity contribution in [2.75, 3.05) is 38.3 Å². The Morgan fingerprint density at radius 3 is 2.09 bits per heavy atom. The molecule has 3 heterocycles. The first-order valence-electron chi connectivity index (χ1n) is 23.3. The number of nitrogens with one attached hydrogen (secondary N) is 3. The van der Waals surface area contributed by atoms with Gasteiger partial charge < -0.3 is 51.6 Å². The van der Waals surface area contributed by atoms with Crippen LogP contribution in [-0.4, -0.2) is 143 Å². The van der Waals surface area contributed by atoms with Crippen molar-refractivity contribution >= 4 is 66.5 Å². The zero-order valence-corrected chi connectivity index (χ0v) is 43.2. The number of ketones is 1. The smallest absolute Gasteiger partial charge is 0.479 e. The molecule has 5 atom stereocenters. The molecule has 0 spiro atoms. The van der Waals surface area contributed by atoms with Gasteiger partial charge in [0, 0.05) is 18.9 Å². The number of carboxylic acids is 1. The molecule has 0 bridgehead atoms. The highest BCUT2D eigenvalue weighted by Gasteiger charge is 2.56. The number of aliphatic hydroxyl groups is 1. The van der Waals surface area contributed by atoms with Crippen molar-refractivity contribution in [2.45, 2.75) is 174 Å². The molecule has 5 N–H and O–H groups in total. The summed E-state index contributed by atoms with van der Waals surface area (Å²) < 4.78 is 51.9. The minimum absolute atomic E-state index is 0.0157. The number of carboxylic acid groups (broad SMARTS) is 1. The van der Waals surface area contributed by atoms with Gasteiger partial charge in [-0.2, -0.15) is 4.98 Å². The van der Waals surface area contributed by atoms with Crippen LogP contribution in [0.15, 0.2) is 11.1 Å². The number of imidazole rings is 1. The molecule has 24 heteroatoms. The fourth-order valence-corrected chi connectivity index (χ4v) is 15.9. The maximum absolute atomic E-state index is 13.4. The van der Waals surface area contributed by atoms with Crippen LogP contribution in [0.4, 0.5) is 10.7 Å². The van der Waals surface area contributed by atoms with E-state index in [9.17, 15) is 34.2 Å². The molecule has 2 aromatic rings. The van der Waals surface area contributed by atoms with Crippen LogP contribution < -0.4 is 16.2 Å². The molecule has 374 valence electrons. The molecular weight excluding hydrogens is 913 g/mol. The molecule has 2 aliphatic rings. The number of aromatic amines is 1. The highest BCUT2D eigenvalue weighted by Crippen LogP contribution is 2.36. The number of aliphatic hydroxyl groups excluding tert-OH is 1. The van der Waals surface area contributed by atoms with Gasteiger partial charge in [-0.15, -0.1) is 0 Å². The maximum atomic E-state index is 13.4. The molecule has 66 heavy (non-hydrogen) atoms. The minimum atomic E-state index is -3.99. The van der Waals surface area contributed by atoms with E-state index in [0.29, 0.717) is 0 Å². The first-order chi connectivity index (χ1) is 31.1. The summed E-state index contributed by atoms with van der Waals surface area (Å²) in [6.45, 7) is 16.4. The zero-order chi connectivity index (χ0) is 48.7. The van der Waals surface area contributed by atoms with Crippen molar-refractivity contribution in [1.29, 1.82) is 0 Å². The van der Waals surface area contributed by atoms with Crippen molar-refractivity contribution < 1.29 is 65.4 Å². The fourth-order valence-electron chi connectivity index (χ4n) is 7.40.